The van der Waals surface area contributed by atoms with Crippen molar-refractivity contribution in [2.75, 3.05) is 10.5 Å². The van der Waals surface area contributed by atoms with Crippen LogP contribution >= 0.6 is 34.5 Å². The number of rotatable bonds is 3. The fourth-order valence-electron chi connectivity index (χ4n) is 1.99. The quantitative estimate of drug-likeness (QED) is 0.605. The van der Waals surface area contributed by atoms with Crippen LogP contribution in [0, 0.1) is 5.21 Å². The molecular formula is C14H9Cl2N2O2S-. The second kappa shape index (κ2) is 5.71. The molecule has 1 aromatic heterocycles. The number of anilines is 3. The topological polar surface area (TPSA) is 58.6 Å². The Morgan fingerprint density at radius 2 is 1.71 bits per heavy atom. The first-order chi connectivity index (χ1) is 10.0. The molecule has 0 fully saturated rings. The van der Waals surface area contributed by atoms with E-state index in [-0.39, 0.29) is 10.2 Å². The average Bonchev–Trinajstić information content (AvgIpc) is 2.80. The lowest BCUT2D eigenvalue weighted by atomic mass is 10.2. The molecule has 3 rings (SSSR count). The third-order valence-corrected chi connectivity index (χ3v) is 4.54. The van der Waals surface area contributed by atoms with E-state index in [0.717, 1.165) is 15.8 Å². The van der Waals surface area contributed by atoms with E-state index in [9.17, 15) is 10.4 Å². The molecule has 0 radical (unpaired) electrons. The number of fused-ring (bicyclic) bond motifs is 1. The van der Waals surface area contributed by atoms with E-state index < -0.39 is 0 Å². The molecule has 3 aromatic rings. The van der Waals surface area contributed by atoms with E-state index in [1.165, 1.54) is 11.3 Å². The van der Waals surface area contributed by atoms with Crippen molar-refractivity contribution in [3.8, 4) is 0 Å². The summed E-state index contributed by atoms with van der Waals surface area (Å²) in [5.74, 6) is 0. The molecular weight excluding hydrogens is 331 g/mol. The molecule has 21 heavy (non-hydrogen) atoms. The Bertz CT molecular complexity index is 788. The fourth-order valence-corrected chi connectivity index (χ4v) is 3.24. The van der Waals surface area contributed by atoms with Crippen LogP contribution in [0.5, 0.6) is 0 Å². The van der Waals surface area contributed by atoms with Crippen LogP contribution < -0.4 is 10.5 Å². The first kappa shape index (κ1) is 14.4. The Balaban J connectivity index is 2.12. The van der Waals surface area contributed by atoms with Gasteiger partial charge in [-0.3, -0.25) is 5.21 Å². The SMILES string of the molecule is [O-]N(O)c1sc2ccc(Cl)cc2c1Nc1ccc(Cl)cc1. The molecule has 1 heterocycles. The first-order valence-corrected chi connectivity index (χ1v) is 7.52. The molecule has 2 aromatic carbocycles. The maximum atomic E-state index is 11.4. The normalized spacial score (nSPS) is 10.9. The maximum absolute atomic E-state index is 11.4. The van der Waals surface area contributed by atoms with E-state index in [0.29, 0.717) is 15.7 Å². The molecule has 0 aliphatic heterocycles. The van der Waals surface area contributed by atoms with Crippen LogP contribution in [-0.2, 0) is 0 Å². The van der Waals surface area contributed by atoms with E-state index in [2.05, 4.69) is 5.32 Å². The van der Waals surface area contributed by atoms with E-state index in [4.69, 9.17) is 23.2 Å². The fraction of sp³-hybridized carbons (Fsp3) is 0. The largest absolute Gasteiger partial charge is 0.733 e. The highest BCUT2D eigenvalue weighted by Gasteiger charge is 2.14. The molecule has 0 atom stereocenters. The van der Waals surface area contributed by atoms with E-state index >= 15 is 0 Å². The van der Waals surface area contributed by atoms with Gasteiger partial charge < -0.3 is 15.8 Å². The summed E-state index contributed by atoms with van der Waals surface area (Å²) in [7, 11) is 0. The van der Waals surface area contributed by atoms with Crippen molar-refractivity contribution in [2.45, 2.75) is 0 Å². The number of hydrogen-bond donors (Lipinski definition) is 2. The lowest BCUT2D eigenvalue weighted by Gasteiger charge is -2.21. The number of nitrogens with zero attached hydrogens (tertiary/aromatic N) is 1. The van der Waals surface area contributed by atoms with E-state index in [1.54, 1.807) is 36.4 Å². The predicted molar refractivity (Wildman–Crippen MR) is 89.2 cm³/mol. The van der Waals surface area contributed by atoms with Crippen LogP contribution in [0.2, 0.25) is 10.0 Å². The van der Waals surface area contributed by atoms with Gasteiger partial charge in [-0.25, -0.2) is 0 Å². The lowest BCUT2D eigenvalue weighted by molar-refractivity contribution is 0.299. The molecule has 0 aliphatic rings. The van der Waals surface area contributed by atoms with Gasteiger partial charge in [0.15, 0.2) is 0 Å². The maximum Gasteiger partial charge on any atom is 0.130 e. The van der Waals surface area contributed by atoms with Gasteiger partial charge in [-0.1, -0.05) is 23.2 Å². The van der Waals surface area contributed by atoms with Gasteiger partial charge in [0, 0.05) is 25.8 Å². The van der Waals surface area contributed by atoms with Crippen molar-refractivity contribution in [3.63, 3.8) is 0 Å². The first-order valence-electron chi connectivity index (χ1n) is 5.95. The van der Waals surface area contributed by atoms with Crippen LogP contribution in [0.15, 0.2) is 42.5 Å². The minimum Gasteiger partial charge on any atom is -0.733 e. The number of halogens is 2. The minimum atomic E-state index is -0.142. The zero-order valence-electron chi connectivity index (χ0n) is 10.5. The van der Waals surface area contributed by atoms with Gasteiger partial charge in [-0.05, 0) is 42.5 Å². The number of thiophene rings is 1. The average molecular weight is 340 g/mol. The van der Waals surface area contributed by atoms with Crippen molar-refractivity contribution in [3.05, 3.63) is 57.7 Å². The number of hydrogen-bond acceptors (Lipinski definition) is 5. The second-order valence-corrected chi connectivity index (χ2v) is 6.23. The Kier molecular flexibility index (Phi) is 3.93. The Labute approximate surface area is 134 Å². The molecule has 4 nitrogen and oxygen atoms in total. The number of nitrogens with one attached hydrogen (secondary N) is 1. The van der Waals surface area contributed by atoms with Gasteiger partial charge in [0.1, 0.15) is 5.00 Å². The molecule has 108 valence electrons. The van der Waals surface area contributed by atoms with Gasteiger partial charge >= 0.3 is 0 Å². The monoisotopic (exact) mass is 339 g/mol. The molecule has 0 unspecified atom stereocenters. The predicted octanol–water partition coefficient (Wildman–Crippen LogP) is 5.65. The van der Waals surface area contributed by atoms with Crippen LogP contribution in [0.1, 0.15) is 0 Å². The zero-order chi connectivity index (χ0) is 15.0. The van der Waals surface area contributed by atoms with Gasteiger partial charge in [0.05, 0.1) is 5.69 Å². The molecule has 0 saturated carbocycles. The standard InChI is InChI=1S/C14H9Cl2N2O2S/c15-8-1-4-10(5-2-8)17-13-11-7-9(16)3-6-12(11)21-14(13)18(19)20/h1-7,17,19H/q-1. The molecule has 0 amide bonds. The summed E-state index contributed by atoms with van der Waals surface area (Å²) in [6.45, 7) is 0. The third-order valence-electron chi connectivity index (χ3n) is 2.92. The van der Waals surface area contributed by atoms with Crippen LogP contribution in [0.4, 0.5) is 16.4 Å². The summed E-state index contributed by atoms with van der Waals surface area (Å²) >= 11 is 13.0. The van der Waals surface area contributed by atoms with Gasteiger partial charge in [-0.15, -0.1) is 11.3 Å². The summed E-state index contributed by atoms with van der Waals surface area (Å²) in [5.41, 5.74) is 1.26. The van der Waals surface area contributed by atoms with Crippen molar-refractivity contribution in [2.24, 2.45) is 0 Å². The summed E-state index contributed by atoms with van der Waals surface area (Å²) in [4.78, 5) is 0. The molecule has 0 spiro atoms. The van der Waals surface area contributed by atoms with Crippen LogP contribution in [-0.4, -0.2) is 5.21 Å². The minimum absolute atomic E-state index is 0.142. The Hall–Kier alpha value is -1.50. The van der Waals surface area contributed by atoms with Crippen molar-refractivity contribution >= 4 is 61.0 Å². The van der Waals surface area contributed by atoms with Gasteiger partial charge in [-0.2, -0.15) is 0 Å². The number of benzene rings is 2. The Morgan fingerprint density at radius 1 is 1.05 bits per heavy atom. The highest BCUT2D eigenvalue weighted by atomic mass is 35.5. The van der Waals surface area contributed by atoms with Crippen molar-refractivity contribution in [1.82, 2.24) is 0 Å². The summed E-state index contributed by atoms with van der Waals surface area (Å²) in [5, 5.41) is 25.7. The van der Waals surface area contributed by atoms with E-state index in [1.807, 2.05) is 6.07 Å². The molecule has 0 saturated heterocycles. The van der Waals surface area contributed by atoms with Crippen LogP contribution in [0.3, 0.4) is 0 Å². The lowest BCUT2D eigenvalue weighted by Crippen LogP contribution is -2.07. The summed E-state index contributed by atoms with van der Waals surface area (Å²) in [6.07, 6.45) is 0. The smallest absolute Gasteiger partial charge is 0.130 e. The van der Waals surface area contributed by atoms with Crippen LogP contribution in [0.25, 0.3) is 10.1 Å². The zero-order valence-corrected chi connectivity index (χ0v) is 12.8. The highest BCUT2D eigenvalue weighted by Crippen LogP contribution is 2.44. The molecule has 0 aliphatic carbocycles. The second-order valence-electron chi connectivity index (χ2n) is 4.33. The van der Waals surface area contributed by atoms with Crippen molar-refractivity contribution < 1.29 is 5.21 Å². The summed E-state index contributed by atoms with van der Waals surface area (Å²) < 4.78 is 0.848. The Morgan fingerprint density at radius 3 is 2.38 bits per heavy atom. The molecule has 2 N–H and O–H groups in total. The van der Waals surface area contributed by atoms with Crippen molar-refractivity contribution in [1.29, 1.82) is 0 Å². The van der Waals surface area contributed by atoms with Gasteiger partial charge in [0.2, 0.25) is 0 Å². The summed E-state index contributed by atoms with van der Waals surface area (Å²) in [6, 6.07) is 12.3. The highest BCUT2D eigenvalue weighted by molar-refractivity contribution is 7.23. The van der Waals surface area contributed by atoms with Gasteiger partial charge in [0.25, 0.3) is 0 Å². The molecule has 7 heteroatoms. The third kappa shape index (κ3) is 2.92. The molecule has 0 bridgehead atoms.